The summed E-state index contributed by atoms with van der Waals surface area (Å²) in [7, 11) is 0. The molecule has 0 bridgehead atoms. The first-order valence-corrected chi connectivity index (χ1v) is 7.26. The SMILES string of the molecule is CC1=CC[C@@H](C(=O)O)[C@@H](C(=O)NC2CCCCC2)C1. The molecule has 4 nitrogen and oxygen atoms in total. The first kappa shape index (κ1) is 14.1. The minimum atomic E-state index is -0.854. The minimum Gasteiger partial charge on any atom is -0.481 e. The number of nitrogens with one attached hydrogen (secondary N) is 1. The quantitative estimate of drug-likeness (QED) is 0.770. The van der Waals surface area contributed by atoms with E-state index in [1.165, 1.54) is 6.42 Å². The molecule has 2 atom stereocenters. The van der Waals surface area contributed by atoms with Crippen molar-refractivity contribution in [2.24, 2.45) is 11.8 Å². The molecule has 1 fully saturated rings. The molecule has 1 amide bonds. The summed E-state index contributed by atoms with van der Waals surface area (Å²) in [6.45, 7) is 1.97. The molecule has 0 heterocycles. The van der Waals surface area contributed by atoms with Gasteiger partial charge in [-0.3, -0.25) is 9.59 Å². The third kappa shape index (κ3) is 3.58. The Labute approximate surface area is 114 Å². The Kier molecular flexibility index (Phi) is 4.61. The molecule has 2 N–H and O–H groups in total. The van der Waals surface area contributed by atoms with Gasteiger partial charge in [0.1, 0.15) is 0 Å². The van der Waals surface area contributed by atoms with Crippen LogP contribution in [0.5, 0.6) is 0 Å². The molecule has 0 saturated heterocycles. The van der Waals surface area contributed by atoms with E-state index >= 15 is 0 Å². The molecule has 0 unspecified atom stereocenters. The lowest BCUT2D eigenvalue weighted by atomic mass is 9.79. The summed E-state index contributed by atoms with van der Waals surface area (Å²) in [6, 6.07) is 0.252. The van der Waals surface area contributed by atoms with E-state index in [2.05, 4.69) is 5.32 Å². The fraction of sp³-hybridized carbons (Fsp3) is 0.733. The highest BCUT2D eigenvalue weighted by Crippen LogP contribution is 2.30. The highest BCUT2D eigenvalue weighted by Gasteiger charge is 2.36. The molecule has 2 rings (SSSR count). The van der Waals surface area contributed by atoms with Gasteiger partial charge in [0.05, 0.1) is 11.8 Å². The molecule has 2 aliphatic rings. The van der Waals surface area contributed by atoms with Crippen molar-refractivity contribution in [2.45, 2.75) is 57.9 Å². The lowest BCUT2D eigenvalue weighted by molar-refractivity contribution is -0.147. The van der Waals surface area contributed by atoms with Gasteiger partial charge in [0.15, 0.2) is 0 Å². The third-order valence-electron chi connectivity index (χ3n) is 4.35. The zero-order chi connectivity index (χ0) is 13.8. The summed E-state index contributed by atoms with van der Waals surface area (Å²) in [5.74, 6) is -1.88. The van der Waals surface area contributed by atoms with Gasteiger partial charge < -0.3 is 10.4 Å². The number of rotatable bonds is 3. The molecular weight excluding hydrogens is 242 g/mol. The Hall–Kier alpha value is -1.32. The number of carboxylic acids is 1. The fourth-order valence-corrected chi connectivity index (χ4v) is 3.17. The number of carbonyl (C=O) groups is 2. The van der Waals surface area contributed by atoms with Crippen molar-refractivity contribution in [3.63, 3.8) is 0 Å². The Bertz CT molecular complexity index is 383. The fourth-order valence-electron chi connectivity index (χ4n) is 3.17. The highest BCUT2D eigenvalue weighted by atomic mass is 16.4. The second-order valence-electron chi connectivity index (χ2n) is 5.89. The van der Waals surface area contributed by atoms with Crippen molar-refractivity contribution in [1.29, 1.82) is 0 Å². The molecule has 106 valence electrons. The predicted molar refractivity (Wildman–Crippen MR) is 72.6 cm³/mol. The summed E-state index contributed by atoms with van der Waals surface area (Å²) < 4.78 is 0. The van der Waals surface area contributed by atoms with Gasteiger partial charge in [-0.1, -0.05) is 30.9 Å². The van der Waals surface area contributed by atoms with Crippen molar-refractivity contribution in [3.05, 3.63) is 11.6 Å². The van der Waals surface area contributed by atoms with Crippen molar-refractivity contribution >= 4 is 11.9 Å². The first-order chi connectivity index (χ1) is 9.08. The Morgan fingerprint density at radius 3 is 2.53 bits per heavy atom. The van der Waals surface area contributed by atoms with Crippen LogP contribution in [0.2, 0.25) is 0 Å². The molecule has 0 spiro atoms. The minimum absolute atomic E-state index is 0.0632. The number of allylic oxidation sites excluding steroid dienone is 2. The normalized spacial score (nSPS) is 28.6. The zero-order valence-electron chi connectivity index (χ0n) is 11.5. The smallest absolute Gasteiger partial charge is 0.307 e. The third-order valence-corrected chi connectivity index (χ3v) is 4.35. The molecular formula is C15H23NO3. The Morgan fingerprint density at radius 1 is 1.21 bits per heavy atom. The van der Waals surface area contributed by atoms with E-state index < -0.39 is 17.8 Å². The van der Waals surface area contributed by atoms with Crippen LogP contribution in [-0.4, -0.2) is 23.0 Å². The monoisotopic (exact) mass is 265 g/mol. The lowest BCUT2D eigenvalue weighted by Gasteiger charge is -2.30. The highest BCUT2D eigenvalue weighted by molar-refractivity contribution is 5.85. The van der Waals surface area contributed by atoms with E-state index in [-0.39, 0.29) is 11.9 Å². The molecule has 1 saturated carbocycles. The maximum Gasteiger partial charge on any atom is 0.307 e. The number of aliphatic carboxylic acids is 1. The van der Waals surface area contributed by atoms with Crippen molar-refractivity contribution in [2.75, 3.05) is 0 Å². The van der Waals surface area contributed by atoms with Crippen LogP contribution < -0.4 is 5.32 Å². The van der Waals surface area contributed by atoms with Crippen LogP contribution in [0.25, 0.3) is 0 Å². The van der Waals surface area contributed by atoms with Crippen LogP contribution in [0, 0.1) is 11.8 Å². The largest absolute Gasteiger partial charge is 0.481 e. The molecule has 0 aliphatic heterocycles. The summed E-state index contributed by atoms with van der Waals surface area (Å²) >= 11 is 0. The van der Waals surface area contributed by atoms with Crippen molar-refractivity contribution in [1.82, 2.24) is 5.32 Å². The lowest BCUT2D eigenvalue weighted by Crippen LogP contribution is -2.44. The number of hydrogen-bond acceptors (Lipinski definition) is 2. The number of amides is 1. The van der Waals surface area contributed by atoms with Gasteiger partial charge in [-0.05, 0) is 32.6 Å². The van der Waals surface area contributed by atoms with E-state index in [1.807, 2.05) is 13.0 Å². The average molecular weight is 265 g/mol. The van der Waals surface area contributed by atoms with Crippen LogP contribution in [0.1, 0.15) is 51.9 Å². The Balaban J connectivity index is 1.98. The average Bonchev–Trinajstić information content (AvgIpc) is 2.39. The van der Waals surface area contributed by atoms with Gasteiger partial charge in [-0.25, -0.2) is 0 Å². The van der Waals surface area contributed by atoms with Gasteiger partial charge in [0.2, 0.25) is 5.91 Å². The van der Waals surface area contributed by atoms with E-state index in [0.29, 0.717) is 12.8 Å². The number of carbonyl (C=O) groups excluding carboxylic acids is 1. The van der Waals surface area contributed by atoms with Gasteiger partial charge in [-0.15, -0.1) is 0 Å². The second kappa shape index (κ2) is 6.22. The first-order valence-electron chi connectivity index (χ1n) is 7.26. The molecule has 0 aromatic heterocycles. The molecule has 0 aromatic carbocycles. The van der Waals surface area contributed by atoms with Crippen LogP contribution >= 0.6 is 0 Å². The van der Waals surface area contributed by atoms with Crippen LogP contribution in [-0.2, 0) is 9.59 Å². The summed E-state index contributed by atoms with van der Waals surface area (Å²) in [4.78, 5) is 23.6. The molecule has 19 heavy (non-hydrogen) atoms. The standard InChI is InChI=1S/C15H23NO3/c1-10-7-8-12(15(18)19)13(9-10)14(17)16-11-5-3-2-4-6-11/h7,11-13H,2-6,8-9H2,1H3,(H,16,17)(H,18,19)/t12-,13+/m1/s1. The number of hydrogen-bond donors (Lipinski definition) is 2. The van der Waals surface area contributed by atoms with Crippen LogP contribution in [0.3, 0.4) is 0 Å². The summed E-state index contributed by atoms with van der Waals surface area (Å²) in [5.41, 5.74) is 1.13. The van der Waals surface area contributed by atoms with Crippen molar-refractivity contribution < 1.29 is 14.7 Å². The topological polar surface area (TPSA) is 66.4 Å². The van der Waals surface area contributed by atoms with E-state index in [1.54, 1.807) is 0 Å². The molecule has 0 aromatic rings. The second-order valence-corrected chi connectivity index (χ2v) is 5.89. The molecule has 0 radical (unpaired) electrons. The van der Waals surface area contributed by atoms with E-state index in [4.69, 9.17) is 0 Å². The van der Waals surface area contributed by atoms with Crippen molar-refractivity contribution in [3.8, 4) is 0 Å². The van der Waals surface area contributed by atoms with Gasteiger partial charge in [0.25, 0.3) is 0 Å². The van der Waals surface area contributed by atoms with Gasteiger partial charge in [0, 0.05) is 6.04 Å². The summed E-state index contributed by atoms with van der Waals surface area (Å²) in [6.07, 6.45) is 8.64. The maximum absolute atomic E-state index is 12.3. The Morgan fingerprint density at radius 2 is 1.89 bits per heavy atom. The summed E-state index contributed by atoms with van der Waals surface area (Å²) in [5, 5.41) is 12.3. The molecule has 2 aliphatic carbocycles. The van der Waals surface area contributed by atoms with Crippen LogP contribution in [0.15, 0.2) is 11.6 Å². The number of carboxylic acid groups (broad SMARTS) is 1. The van der Waals surface area contributed by atoms with Gasteiger partial charge in [-0.2, -0.15) is 0 Å². The molecule has 4 heteroatoms. The van der Waals surface area contributed by atoms with Gasteiger partial charge >= 0.3 is 5.97 Å². The van der Waals surface area contributed by atoms with E-state index in [9.17, 15) is 14.7 Å². The maximum atomic E-state index is 12.3. The predicted octanol–water partition coefficient (Wildman–Crippen LogP) is 2.49. The van der Waals surface area contributed by atoms with Crippen LogP contribution in [0.4, 0.5) is 0 Å². The zero-order valence-corrected chi connectivity index (χ0v) is 11.5. The van der Waals surface area contributed by atoms with E-state index in [0.717, 1.165) is 31.3 Å².